The van der Waals surface area contributed by atoms with Crippen molar-refractivity contribution in [1.82, 2.24) is 4.90 Å². The highest BCUT2D eigenvalue weighted by Crippen LogP contribution is 2.14. The third-order valence-electron chi connectivity index (χ3n) is 8.89. The van der Waals surface area contributed by atoms with Gasteiger partial charge in [0.1, 0.15) is 0 Å². The quantitative estimate of drug-likeness (QED) is 0.0513. The number of carbonyl (C=O) groups excluding carboxylic acids is 2. The highest BCUT2D eigenvalue weighted by molar-refractivity contribution is 5.69. The lowest BCUT2D eigenvalue weighted by molar-refractivity contribution is -0.145. The van der Waals surface area contributed by atoms with E-state index in [2.05, 4.69) is 25.8 Å². The molecule has 0 unspecified atom stereocenters. The summed E-state index contributed by atoms with van der Waals surface area (Å²) in [6.07, 6.45) is 37.0. The van der Waals surface area contributed by atoms with Crippen LogP contribution in [0, 0.1) is 0 Å². The summed E-state index contributed by atoms with van der Waals surface area (Å²) in [5, 5.41) is 0. The smallest absolute Gasteiger partial charge is 0.307 e. The summed E-state index contributed by atoms with van der Waals surface area (Å²) in [7, 11) is 2.06. The van der Waals surface area contributed by atoms with E-state index in [1.807, 2.05) is 0 Å². The van der Waals surface area contributed by atoms with Crippen LogP contribution in [0.3, 0.4) is 0 Å². The lowest BCUT2D eigenvalue weighted by atomic mass is 10.0. The average molecular weight is 624 g/mol. The molecule has 0 rings (SSSR count). The minimum atomic E-state index is -0.0771. The lowest BCUT2D eigenvalue weighted by Crippen LogP contribution is -2.23. The van der Waals surface area contributed by atoms with Gasteiger partial charge in [-0.2, -0.15) is 0 Å². The molecule has 0 aromatic rings. The third kappa shape index (κ3) is 35.4. The number of unbranched alkanes of at least 4 members (excludes halogenated alkanes) is 25. The van der Waals surface area contributed by atoms with Crippen LogP contribution in [0.4, 0.5) is 0 Å². The molecule has 0 spiro atoms. The van der Waals surface area contributed by atoms with Gasteiger partial charge < -0.3 is 14.4 Å². The fourth-order valence-electron chi connectivity index (χ4n) is 5.80. The Morgan fingerprint density at radius 2 is 0.705 bits per heavy atom. The zero-order chi connectivity index (χ0) is 32.2. The second kappa shape index (κ2) is 36.4. The molecule has 0 aromatic heterocycles. The van der Waals surface area contributed by atoms with Gasteiger partial charge in [0.25, 0.3) is 0 Å². The van der Waals surface area contributed by atoms with Gasteiger partial charge in [-0.05, 0) is 39.3 Å². The standard InChI is InChI=1S/C39H77NO4/c1-4-6-8-10-12-14-16-18-20-22-24-26-31-37-44-39(42)33-35-40(3)34-29-27-28-32-38(41)43-36-30-25-23-21-19-17-15-13-11-9-7-5-2/h4-37H2,1-3H3. The van der Waals surface area contributed by atoms with Gasteiger partial charge in [0.15, 0.2) is 0 Å². The van der Waals surface area contributed by atoms with E-state index in [1.54, 1.807) is 0 Å². The van der Waals surface area contributed by atoms with Crippen LogP contribution in [0.25, 0.3) is 0 Å². The highest BCUT2D eigenvalue weighted by atomic mass is 16.5. The molecule has 44 heavy (non-hydrogen) atoms. The first kappa shape index (κ1) is 42.9. The van der Waals surface area contributed by atoms with E-state index in [9.17, 15) is 9.59 Å². The summed E-state index contributed by atoms with van der Waals surface area (Å²) < 4.78 is 10.8. The molecule has 262 valence electrons. The monoisotopic (exact) mass is 624 g/mol. The van der Waals surface area contributed by atoms with E-state index < -0.39 is 0 Å². The molecule has 0 atom stereocenters. The van der Waals surface area contributed by atoms with Crippen LogP contribution in [0.5, 0.6) is 0 Å². The van der Waals surface area contributed by atoms with Gasteiger partial charge in [0.05, 0.1) is 19.6 Å². The fraction of sp³-hybridized carbons (Fsp3) is 0.949. The number of hydrogen-bond acceptors (Lipinski definition) is 5. The Morgan fingerprint density at radius 3 is 1.09 bits per heavy atom. The molecule has 0 N–H and O–H groups in total. The summed E-state index contributed by atoms with van der Waals surface area (Å²) in [5.41, 5.74) is 0. The van der Waals surface area contributed by atoms with Crippen molar-refractivity contribution < 1.29 is 19.1 Å². The predicted octanol–water partition coefficient (Wildman–Crippen LogP) is 11.7. The Morgan fingerprint density at radius 1 is 0.386 bits per heavy atom. The van der Waals surface area contributed by atoms with Crippen molar-refractivity contribution in [2.75, 3.05) is 33.4 Å². The molecule has 0 bridgehead atoms. The number of rotatable bonds is 36. The van der Waals surface area contributed by atoms with Crippen LogP contribution in [-0.4, -0.2) is 50.2 Å². The molecule has 0 aromatic carbocycles. The van der Waals surface area contributed by atoms with Crippen LogP contribution < -0.4 is 0 Å². The average Bonchev–Trinajstić information content (AvgIpc) is 3.02. The van der Waals surface area contributed by atoms with Crippen molar-refractivity contribution in [3.05, 3.63) is 0 Å². The molecule has 0 aliphatic rings. The highest BCUT2D eigenvalue weighted by Gasteiger charge is 2.07. The first-order valence-electron chi connectivity index (χ1n) is 19.6. The minimum Gasteiger partial charge on any atom is -0.466 e. The number of esters is 2. The summed E-state index contributed by atoms with van der Waals surface area (Å²) in [6.45, 7) is 7.37. The topological polar surface area (TPSA) is 55.8 Å². The van der Waals surface area contributed by atoms with E-state index in [0.717, 1.165) is 51.6 Å². The summed E-state index contributed by atoms with van der Waals surface area (Å²) >= 11 is 0. The van der Waals surface area contributed by atoms with Crippen LogP contribution in [0.1, 0.15) is 206 Å². The first-order chi connectivity index (χ1) is 21.6. The molecular formula is C39H77NO4. The molecule has 0 aliphatic heterocycles. The molecule has 0 fully saturated rings. The molecule has 0 saturated carbocycles. The predicted molar refractivity (Wildman–Crippen MR) is 189 cm³/mol. The van der Waals surface area contributed by atoms with Crippen molar-refractivity contribution in [2.24, 2.45) is 0 Å². The van der Waals surface area contributed by atoms with Gasteiger partial charge in [-0.3, -0.25) is 9.59 Å². The van der Waals surface area contributed by atoms with Crippen molar-refractivity contribution in [3.8, 4) is 0 Å². The van der Waals surface area contributed by atoms with Gasteiger partial charge in [0.2, 0.25) is 0 Å². The zero-order valence-electron chi connectivity index (χ0n) is 30.1. The summed E-state index contributed by atoms with van der Waals surface area (Å²) in [4.78, 5) is 26.2. The van der Waals surface area contributed by atoms with Crippen molar-refractivity contribution >= 4 is 11.9 Å². The Kier molecular flexibility index (Phi) is 35.5. The van der Waals surface area contributed by atoms with E-state index in [0.29, 0.717) is 26.1 Å². The maximum absolute atomic E-state index is 12.1. The Labute approximate surface area is 275 Å². The second-order valence-electron chi connectivity index (χ2n) is 13.4. The van der Waals surface area contributed by atoms with Crippen LogP contribution in [0.15, 0.2) is 0 Å². The summed E-state index contributed by atoms with van der Waals surface area (Å²) in [5.74, 6) is -0.126. The molecule has 5 nitrogen and oxygen atoms in total. The molecule has 0 amide bonds. The Bertz CT molecular complexity index is 597. The normalized spacial score (nSPS) is 11.4. The molecular weight excluding hydrogens is 546 g/mol. The lowest BCUT2D eigenvalue weighted by Gasteiger charge is -2.16. The van der Waals surface area contributed by atoms with Gasteiger partial charge in [-0.25, -0.2) is 0 Å². The zero-order valence-corrected chi connectivity index (χ0v) is 30.1. The molecule has 5 heteroatoms. The van der Waals surface area contributed by atoms with Crippen molar-refractivity contribution in [2.45, 2.75) is 206 Å². The number of hydrogen-bond donors (Lipinski definition) is 0. The van der Waals surface area contributed by atoms with Gasteiger partial charge in [-0.1, -0.05) is 168 Å². The Hall–Kier alpha value is -1.10. The second-order valence-corrected chi connectivity index (χ2v) is 13.4. The van der Waals surface area contributed by atoms with Crippen molar-refractivity contribution in [1.29, 1.82) is 0 Å². The van der Waals surface area contributed by atoms with Crippen molar-refractivity contribution in [3.63, 3.8) is 0 Å². The molecule has 0 radical (unpaired) electrons. The van der Waals surface area contributed by atoms with Gasteiger partial charge in [0, 0.05) is 13.0 Å². The molecule has 0 aliphatic carbocycles. The molecule has 0 heterocycles. The first-order valence-corrected chi connectivity index (χ1v) is 19.6. The van der Waals surface area contributed by atoms with E-state index in [1.165, 1.54) is 141 Å². The van der Waals surface area contributed by atoms with E-state index in [-0.39, 0.29) is 11.9 Å². The maximum Gasteiger partial charge on any atom is 0.307 e. The SMILES string of the molecule is CCCCCCCCCCCCCCCOC(=O)CCN(C)CCCCCC(=O)OCCCCCCCCCCCCCC. The fourth-order valence-corrected chi connectivity index (χ4v) is 5.80. The molecule has 0 saturated heterocycles. The van der Waals surface area contributed by atoms with Gasteiger partial charge >= 0.3 is 11.9 Å². The Balaban J connectivity index is 3.36. The minimum absolute atomic E-state index is 0.0485. The number of ether oxygens (including phenoxy) is 2. The van der Waals surface area contributed by atoms with Crippen LogP contribution in [0.2, 0.25) is 0 Å². The maximum atomic E-state index is 12.1. The largest absolute Gasteiger partial charge is 0.466 e. The van der Waals surface area contributed by atoms with E-state index >= 15 is 0 Å². The summed E-state index contributed by atoms with van der Waals surface area (Å²) in [6, 6.07) is 0. The van der Waals surface area contributed by atoms with E-state index in [4.69, 9.17) is 9.47 Å². The third-order valence-corrected chi connectivity index (χ3v) is 8.89. The number of carbonyl (C=O) groups is 2. The number of nitrogens with zero attached hydrogens (tertiary/aromatic N) is 1. The van der Waals surface area contributed by atoms with Gasteiger partial charge in [-0.15, -0.1) is 0 Å². The van der Waals surface area contributed by atoms with Crippen LogP contribution in [-0.2, 0) is 19.1 Å². The van der Waals surface area contributed by atoms with Crippen LogP contribution >= 0.6 is 0 Å².